The summed E-state index contributed by atoms with van der Waals surface area (Å²) < 4.78 is 5.14. The molecule has 3 rings (SSSR count). The zero-order valence-electron chi connectivity index (χ0n) is 16.0. The molecule has 144 valence electrons. The predicted molar refractivity (Wildman–Crippen MR) is 108 cm³/mol. The second kappa shape index (κ2) is 9.97. The second-order valence-electron chi connectivity index (χ2n) is 6.99. The lowest BCUT2D eigenvalue weighted by atomic mass is 10.0. The van der Waals surface area contributed by atoms with Gasteiger partial charge in [-0.1, -0.05) is 42.8 Å². The fraction of sp³-hybridized carbons (Fsp3) is 0.409. The van der Waals surface area contributed by atoms with E-state index in [0.717, 1.165) is 17.9 Å². The van der Waals surface area contributed by atoms with Crippen molar-refractivity contribution in [2.45, 2.75) is 38.9 Å². The molecule has 1 heterocycles. The van der Waals surface area contributed by atoms with E-state index in [1.54, 1.807) is 7.11 Å². The fourth-order valence-corrected chi connectivity index (χ4v) is 3.41. The molecule has 2 N–H and O–H groups in total. The van der Waals surface area contributed by atoms with Crippen LogP contribution in [-0.2, 0) is 19.6 Å². The van der Waals surface area contributed by atoms with E-state index < -0.39 is 0 Å². The van der Waals surface area contributed by atoms with Gasteiger partial charge in [0.1, 0.15) is 5.75 Å². The minimum atomic E-state index is -0.154. The van der Waals surface area contributed by atoms with Crippen molar-refractivity contribution in [2.75, 3.05) is 20.2 Å². The molecule has 0 radical (unpaired) electrons. The number of hydrogen-bond donors (Lipinski definition) is 2. The van der Waals surface area contributed by atoms with Crippen molar-refractivity contribution in [2.24, 2.45) is 0 Å². The van der Waals surface area contributed by atoms with Crippen LogP contribution in [0.2, 0.25) is 0 Å². The molecule has 27 heavy (non-hydrogen) atoms. The van der Waals surface area contributed by atoms with Crippen LogP contribution in [0.3, 0.4) is 0 Å². The third-order valence-corrected chi connectivity index (χ3v) is 5.01. The van der Waals surface area contributed by atoms with E-state index in [-0.39, 0.29) is 6.03 Å². The number of carbonyl (C=O) groups excluding carboxylic acids is 1. The van der Waals surface area contributed by atoms with Crippen LogP contribution in [0.15, 0.2) is 48.5 Å². The Hall–Kier alpha value is -2.53. The van der Waals surface area contributed by atoms with Crippen molar-refractivity contribution in [3.63, 3.8) is 0 Å². The van der Waals surface area contributed by atoms with Crippen LogP contribution >= 0.6 is 0 Å². The van der Waals surface area contributed by atoms with Crippen molar-refractivity contribution in [1.29, 1.82) is 0 Å². The standard InChI is InChI=1S/C22H29N3O2/c1-27-21-11-9-18(10-12-21)15-23-22(26)24-16-19-7-3-4-8-20(19)17-25-13-5-2-6-14-25/h3-4,7-12H,2,5-6,13-17H2,1H3,(H2,23,24,26). The van der Waals surface area contributed by atoms with Gasteiger partial charge in [-0.3, -0.25) is 4.90 Å². The van der Waals surface area contributed by atoms with Crippen molar-refractivity contribution in [3.05, 3.63) is 65.2 Å². The monoisotopic (exact) mass is 367 g/mol. The van der Waals surface area contributed by atoms with Gasteiger partial charge in [0.15, 0.2) is 0 Å². The number of nitrogens with zero attached hydrogens (tertiary/aromatic N) is 1. The molecule has 1 aliphatic rings. The summed E-state index contributed by atoms with van der Waals surface area (Å²) in [5.74, 6) is 0.813. The lowest BCUT2D eigenvalue weighted by Gasteiger charge is -2.27. The Balaban J connectivity index is 1.47. The summed E-state index contributed by atoms with van der Waals surface area (Å²) >= 11 is 0. The fourth-order valence-electron chi connectivity index (χ4n) is 3.41. The van der Waals surface area contributed by atoms with Gasteiger partial charge in [-0.05, 0) is 54.8 Å². The largest absolute Gasteiger partial charge is 0.497 e. The average Bonchev–Trinajstić information content (AvgIpc) is 2.73. The molecule has 5 nitrogen and oxygen atoms in total. The Morgan fingerprint density at radius 3 is 2.30 bits per heavy atom. The number of likely N-dealkylation sites (tertiary alicyclic amines) is 1. The van der Waals surface area contributed by atoms with Crippen LogP contribution < -0.4 is 15.4 Å². The summed E-state index contributed by atoms with van der Waals surface area (Å²) in [6, 6.07) is 15.9. The molecule has 2 amide bonds. The quantitative estimate of drug-likeness (QED) is 0.785. The molecule has 0 saturated carbocycles. The number of piperidine rings is 1. The van der Waals surface area contributed by atoms with E-state index in [1.165, 1.54) is 43.5 Å². The van der Waals surface area contributed by atoms with Crippen LogP contribution in [0.25, 0.3) is 0 Å². The van der Waals surface area contributed by atoms with Crippen LogP contribution in [0.5, 0.6) is 5.75 Å². The molecule has 0 spiro atoms. The Labute approximate surface area is 161 Å². The topological polar surface area (TPSA) is 53.6 Å². The normalized spacial score (nSPS) is 14.6. The first-order chi connectivity index (χ1) is 13.2. The molecular formula is C22H29N3O2. The molecule has 0 bridgehead atoms. The van der Waals surface area contributed by atoms with Gasteiger partial charge in [0.05, 0.1) is 7.11 Å². The van der Waals surface area contributed by atoms with E-state index in [2.05, 4.69) is 33.7 Å². The zero-order valence-corrected chi connectivity index (χ0v) is 16.0. The summed E-state index contributed by atoms with van der Waals surface area (Å²) in [5.41, 5.74) is 3.52. The van der Waals surface area contributed by atoms with E-state index in [1.807, 2.05) is 30.3 Å². The first-order valence-corrected chi connectivity index (χ1v) is 9.68. The van der Waals surface area contributed by atoms with Gasteiger partial charge in [0.2, 0.25) is 0 Å². The van der Waals surface area contributed by atoms with E-state index in [9.17, 15) is 4.79 Å². The highest BCUT2D eigenvalue weighted by Crippen LogP contribution is 2.16. The minimum Gasteiger partial charge on any atom is -0.497 e. The summed E-state index contributed by atoms with van der Waals surface area (Å²) in [6.07, 6.45) is 3.91. The lowest BCUT2D eigenvalue weighted by Crippen LogP contribution is -2.35. The van der Waals surface area contributed by atoms with Crippen molar-refractivity contribution < 1.29 is 9.53 Å². The van der Waals surface area contributed by atoms with Gasteiger partial charge in [-0.15, -0.1) is 0 Å². The summed E-state index contributed by atoms with van der Waals surface area (Å²) in [7, 11) is 1.64. The molecule has 1 fully saturated rings. The van der Waals surface area contributed by atoms with Gasteiger partial charge < -0.3 is 15.4 Å². The Bertz CT molecular complexity index is 725. The van der Waals surface area contributed by atoms with Gasteiger partial charge in [-0.25, -0.2) is 4.79 Å². The first kappa shape index (κ1) is 19.2. The molecule has 1 saturated heterocycles. The molecule has 0 aromatic heterocycles. The number of ether oxygens (including phenoxy) is 1. The van der Waals surface area contributed by atoms with Crippen LogP contribution in [-0.4, -0.2) is 31.1 Å². The first-order valence-electron chi connectivity index (χ1n) is 9.68. The van der Waals surface area contributed by atoms with Gasteiger partial charge in [0, 0.05) is 19.6 Å². The van der Waals surface area contributed by atoms with E-state index in [0.29, 0.717) is 13.1 Å². The number of benzene rings is 2. The highest BCUT2D eigenvalue weighted by Gasteiger charge is 2.12. The summed E-state index contributed by atoms with van der Waals surface area (Å²) in [6.45, 7) is 4.34. The maximum Gasteiger partial charge on any atom is 0.315 e. The van der Waals surface area contributed by atoms with Crippen molar-refractivity contribution in [1.82, 2.24) is 15.5 Å². The number of nitrogens with one attached hydrogen (secondary N) is 2. The molecule has 5 heteroatoms. The summed E-state index contributed by atoms with van der Waals surface area (Å²) in [5, 5.41) is 5.88. The SMILES string of the molecule is COc1ccc(CNC(=O)NCc2ccccc2CN2CCCCC2)cc1. The lowest BCUT2D eigenvalue weighted by molar-refractivity contribution is 0.220. The van der Waals surface area contributed by atoms with E-state index in [4.69, 9.17) is 4.74 Å². The Kier molecular flexibility index (Phi) is 7.11. The molecule has 2 aromatic rings. The van der Waals surface area contributed by atoms with Gasteiger partial charge in [0.25, 0.3) is 0 Å². The number of carbonyl (C=O) groups is 1. The molecule has 0 atom stereocenters. The molecule has 1 aliphatic heterocycles. The van der Waals surface area contributed by atoms with Crippen LogP contribution in [0.4, 0.5) is 4.79 Å². The number of methoxy groups -OCH3 is 1. The number of hydrogen-bond acceptors (Lipinski definition) is 3. The minimum absolute atomic E-state index is 0.154. The Morgan fingerprint density at radius 2 is 1.59 bits per heavy atom. The Morgan fingerprint density at radius 1 is 0.926 bits per heavy atom. The van der Waals surface area contributed by atoms with Crippen molar-refractivity contribution in [3.8, 4) is 5.75 Å². The third-order valence-electron chi connectivity index (χ3n) is 5.01. The molecule has 2 aromatic carbocycles. The highest BCUT2D eigenvalue weighted by atomic mass is 16.5. The predicted octanol–water partition coefficient (Wildman–Crippen LogP) is 3.68. The maximum absolute atomic E-state index is 12.2. The number of rotatable bonds is 7. The van der Waals surface area contributed by atoms with Gasteiger partial charge >= 0.3 is 6.03 Å². The smallest absolute Gasteiger partial charge is 0.315 e. The second-order valence-corrected chi connectivity index (χ2v) is 6.99. The molecule has 0 unspecified atom stereocenters. The van der Waals surface area contributed by atoms with Crippen LogP contribution in [0, 0.1) is 0 Å². The van der Waals surface area contributed by atoms with Crippen molar-refractivity contribution >= 4 is 6.03 Å². The number of urea groups is 1. The highest BCUT2D eigenvalue weighted by molar-refractivity contribution is 5.73. The van der Waals surface area contributed by atoms with Crippen LogP contribution in [0.1, 0.15) is 36.0 Å². The molecular weight excluding hydrogens is 338 g/mol. The van der Waals surface area contributed by atoms with Gasteiger partial charge in [-0.2, -0.15) is 0 Å². The maximum atomic E-state index is 12.2. The molecule has 0 aliphatic carbocycles. The third kappa shape index (κ3) is 6.00. The number of amides is 2. The van der Waals surface area contributed by atoms with E-state index >= 15 is 0 Å². The zero-order chi connectivity index (χ0) is 18.9. The average molecular weight is 367 g/mol. The summed E-state index contributed by atoms with van der Waals surface area (Å²) in [4.78, 5) is 14.7.